The molecule has 0 aliphatic rings. The number of pyridine rings is 1. The molecule has 3 rings (SSSR count). The number of benzene rings is 1. The van der Waals surface area contributed by atoms with Crippen LogP contribution in [-0.4, -0.2) is 14.8 Å². The summed E-state index contributed by atoms with van der Waals surface area (Å²) in [5.41, 5.74) is 0.835. The van der Waals surface area contributed by atoms with Crippen LogP contribution in [-0.2, 0) is 6.54 Å². The minimum Gasteiger partial charge on any atom is -0.241 e. The molecular weight excluding hydrogens is 262 g/mol. The fraction of sp³-hybridized carbons (Fsp3) is 0.0714. The summed E-state index contributed by atoms with van der Waals surface area (Å²) in [4.78, 5) is 4.13. The van der Waals surface area contributed by atoms with E-state index in [4.69, 9.17) is 5.26 Å². The molecule has 0 bridgehead atoms. The Morgan fingerprint density at radius 1 is 1.20 bits per heavy atom. The van der Waals surface area contributed by atoms with Gasteiger partial charge in [0.1, 0.15) is 6.07 Å². The summed E-state index contributed by atoms with van der Waals surface area (Å²) in [7, 11) is 0. The summed E-state index contributed by atoms with van der Waals surface area (Å²) < 4.78 is 28.3. The maximum absolute atomic E-state index is 13.7. The van der Waals surface area contributed by atoms with Crippen molar-refractivity contribution in [2.24, 2.45) is 0 Å². The van der Waals surface area contributed by atoms with Crippen LogP contribution in [0, 0.1) is 23.0 Å². The average Bonchev–Trinajstić information content (AvgIpc) is 2.82. The number of hydrogen-bond donors (Lipinski definition) is 0. The molecule has 1 aromatic carbocycles. The Morgan fingerprint density at radius 3 is 2.85 bits per heavy atom. The minimum atomic E-state index is -0.911. The van der Waals surface area contributed by atoms with Gasteiger partial charge in [0, 0.05) is 11.8 Å². The van der Waals surface area contributed by atoms with Gasteiger partial charge in [0.15, 0.2) is 23.0 Å². The Kier molecular flexibility index (Phi) is 2.88. The van der Waals surface area contributed by atoms with Gasteiger partial charge >= 0.3 is 0 Å². The van der Waals surface area contributed by atoms with Crippen LogP contribution in [0.1, 0.15) is 11.3 Å². The molecule has 0 aliphatic heterocycles. The van der Waals surface area contributed by atoms with Gasteiger partial charge in [-0.15, -0.1) is 0 Å². The van der Waals surface area contributed by atoms with E-state index in [9.17, 15) is 8.78 Å². The molecule has 0 fully saturated rings. The highest BCUT2D eigenvalue weighted by molar-refractivity contribution is 5.80. The van der Waals surface area contributed by atoms with Crippen LogP contribution in [0.15, 0.2) is 36.5 Å². The summed E-state index contributed by atoms with van der Waals surface area (Å²) in [6, 6.07) is 9.33. The van der Waals surface area contributed by atoms with E-state index in [-0.39, 0.29) is 17.8 Å². The Balaban J connectivity index is 2.12. The molecule has 0 unspecified atom stereocenters. The van der Waals surface area contributed by atoms with Crippen molar-refractivity contribution in [1.29, 1.82) is 5.26 Å². The lowest BCUT2D eigenvalue weighted by molar-refractivity contribution is 0.493. The monoisotopic (exact) mass is 270 g/mol. The van der Waals surface area contributed by atoms with Crippen molar-refractivity contribution in [3.05, 3.63) is 59.4 Å². The predicted octanol–water partition coefficient (Wildman–Crippen LogP) is 2.63. The Labute approximate surface area is 112 Å². The van der Waals surface area contributed by atoms with Crippen LogP contribution in [0.4, 0.5) is 8.78 Å². The lowest BCUT2D eigenvalue weighted by Gasteiger charge is -2.04. The first-order chi connectivity index (χ1) is 9.70. The van der Waals surface area contributed by atoms with Gasteiger partial charge < -0.3 is 0 Å². The molecule has 0 amide bonds. The van der Waals surface area contributed by atoms with E-state index in [1.54, 1.807) is 18.3 Å². The van der Waals surface area contributed by atoms with Gasteiger partial charge in [0.25, 0.3) is 0 Å². The number of nitriles is 1. The first-order valence-corrected chi connectivity index (χ1v) is 5.85. The predicted molar refractivity (Wildman–Crippen MR) is 67.7 cm³/mol. The third-order valence-electron chi connectivity index (χ3n) is 2.96. The standard InChI is InChI=1S/C14H8F2N4/c15-11-5-1-3-9(13(11)16)8-20-14-10(4-2-6-18-14)12(7-17)19-20/h1-6H,8H2. The maximum Gasteiger partial charge on any atom is 0.172 e. The first kappa shape index (κ1) is 12.2. The molecule has 0 spiro atoms. The number of aromatic nitrogens is 3. The normalized spacial score (nSPS) is 10.7. The zero-order valence-electron chi connectivity index (χ0n) is 10.2. The molecule has 2 heterocycles. The van der Waals surface area contributed by atoms with Gasteiger partial charge in [-0.2, -0.15) is 10.4 Å². The minimum absolute atomic E-state index is 0.0127. The third-order valence-corrected chi connectivity index (χ3v) is 2.96. The first-order valence-electron chi connectivity index (χ1n) is 5.85. The van der Waals surface area contributed by atoms with Gasteiger partial charge in [0.05, 0.1) is 11.9 Å². The number of hydrogen-bond acceptors (Lipinski definition) is 3. The van der Waals surface area contributed by atoms with E-state index < -0.39 is 11.6 Å². The summed E-state index contributed by atoms with van der Waals surface area (Å²) in [5, 5.41) is 13.7. The average molecular weight is 270 g/mol. The second kappa shape index (κ2) is 4.70. The molecule has 0 saturated heterocycles. The van der Waals surface area contributed by atoms with Gasteiger partial charge in [-0.1, -0.05) is 12.1 Å². The molecule has 3 aromatic rings. The van der Waals surface area contributed by atoms with E-state index >= 15 is 0 Å². The molecule has 20 heavy (non-hydrogen) atoms. The van der Waals surface area contributed by atoms with Crippen LogP contribution in [0.3, 0.4) is 0 Å². The summed E-state index contributed by atoms with van der Waals surface area (Å²) in [6.07, 6.45) is 1.56. The lowest BCUT2D eigenvalue weighted by atomic mass is 10.2. The number of fused-ring (bicyclic) bond motifs is 1. The second-order valence-corrected chi connectivity index (χ2v) is 4.21. The molecule has 0 radical (unpaired) electrons. The highest BCUT2D eigenvalue weighted by atomic mass is 19.2. The van der Waals surface area contributed by atoms with E-state index in [1.807, 2.05) is 6.07 Å². The van der Waals surface area contributed by atoms with Crippen LogP contribution >= 0.6 is 0 Å². The maximum atomic E-state index is 13.7. The number of halogens is 2. The largest absolute Gasteiger partial charge is 0.241 e. The van der Waals surface area contributed by atoms with E-state index in [2.05, 4.69) is 10.1 Å². The lowest BCUT2D eigenvalue weighted by Crippen LogP contribution is -2.05. The van der Waals surface area contributed by atoms with Gasteiger partial charge in [-0.05, 0) is 18.2 Å². The third kappa shape index (κ3) is 1.89. The summed E-state index contributed by atoms with van der Waals surface area (Å²) >= 11 is 0. The molecular formula is C14H8F2N4. The zero-order valence-corrected chi connectivity index (χ0v) is 10.2. The van der Waals surface area contributed by atoms with Crippen molar-refractivity contribution in [2.45, 2.75) is 6.54 Å². The SMILES string of the molecule is N#Cc1nn(Cc2cccc(F)c2F)c2ncccc12. The molecule has 6 heteroatoms. The van der Waals surface area contributed by atoms with Gasteiger partial charge in [0.2, 0.25) is 0 Å². The van der Waals surface area contributed by atoms with Crippen LogP contribution < -0.4 is 0 Å². The van der Waals surface area contributed by atoms with Crippen LogP contribution in [0.2, 0.25) is 0 Å². The fourth-order valence-corrected chi connectivity index (χ4v) is 2.03. The number of rotatable bonds is 2. The summed E-state index contributed by atoms with van der Waals surface area (Å²) in [5.74, 6) is -1.82. The molecule has 2 aromatic heterocycles. The molecule has 0 N–H and O–H groups in total. The van der Waals surface area contributed by atoms with Gasteiger partial charge in [-0.3, -0.25) is 0 Å². The molecule has 0 saturated carbocycles. The van der Waals surface area contributed by atoms with Gasteiger partial charge in [-0.25, -0.2) is 18.4 Å². The second-order valence-electron chi connectivity index (χ2n) is 4.21. The Bertz CT molecular complexity index is 833. The van der Waals surface area contributed by atoms with E-state index in [1.165, 1.54) is 16.8 Å². The molecule has 0 aliphatic carbocycles. The van der Waals surface area contributed by atoms with Crippen LogP contribution in [0.25, 0.3) is 11.0 Å². The topological polar surface area (TPSA) is 54.5 Å². The van der Waals surface area contributed by atoms with Crippen molar-refractivity contribution in [2.75, 3.05) is 0 Å². The highest BCUT2D eigenvalue weighted by Gasteiger charge is 2.14. The Morgan fingerprint density at radius 2 is 2.05 bits per heavy atom. The van der Waals surface area contributed by atoms with Crippen LogP contribution in [0.5, 0.6) is 0 Å². The smallest absolute Gasteiger partial charge is 0.172 e. The van der Waals surface area contributed by atoms with Crippen molar-refractivity contribution in [3.8, 4) is 6.07 Å². The summed E-state index contributed by atoms with van der Waals surface area (Å²) in [6.45, 7) is 0.0127. The fourth-order valence-electron chi connectivity index (χ4n) is 2.03. The molecule has 4 nitrogen and oxygen atoms in total. The van der Waals surface area contributed by atoms with Crippen molar-refractivity contribution >= 4 is 11.0 Å². The van der Waals surface area contributed by atoms with E-state index in [0.717, 1.165) is 6.07 Å². The number of nitrogens with zero attached hydrogens (tertiary/aromatic N) is 4. The van der Waals surface area contributed by atoms with E-state index in [0.29, 0.717) is 11.0 Å². The van der Waals surface area contributed by atoms with Crippen molar-refractivity contribution < 1.29 is 8.78 Å². The molecule has 98 valence electrons. The van der Waals surface area contributed by atoms with Crippen molar-refractivity contribution in [1.82, 2.24) is 14.8 Å². The highest BCUT2D eigenvalue weighted by Crippen LogP contribution is 2.18. The quantitative estimate of drug-likeness (QED) is 0.719. The molecule has 0 atom stereocenters. The zero-order chi connectivity index (χ0) is 14.1. The Hall–Kier alpha value is -2.81. The van der Waals surface area contributed by atoms with Crippen molar-refractivity contribution in [3.63, 3.8) is 0 Å².